The van der Waals surface area contributed by atoms with Gasteiger partial charge in [-0.25, -0.2) is 14.2 Å². The average Bonchev–Trinajstić information content (AvgIpc) is 3.53. The Morgan fingerprint density at radius 1 is 1.14 bits per heavy atom. The van der Waals surface area contributed by atoms with Crippen LogP contribution in [-0.2, 0) is 27.3 Å². The van der Waals surface area contributed by atoms with Crippen molar-refractivity contribution in [3.8, 4) is 5.75 Å². The van der Waals surface area contributed by atoms with Crippen molar-refractivity contribution in [3.63, 3.8) is 0 Å². The van der Waals surface area contributed by atoms with Gasteiger partial charge in [0.05, 0.1) is 30.6 Å². The molecule has 1 aromatic heterocycles. The lowest BCUT2D eigenvalue weighted by Gasteiger charge is -2.45. The van der Waals surface area contributed by atoms with Gasteiger partial charge in [0.25, 0.3) is 0 Å². The predicted molar refractivity (Wildman–Crippen MR) is 186 cm³/mol. The summed E-state index contributed by atoms with van der Waals surface area (Å²) in [4.78, 5) is 49.2. The van der Waals surface area contributed by atoms with E-state index < -0.39 is 41.1 Å². The normalized spacial score (nSPS) is 23.5. The molecule has 0 bridgehead atoms. The molecule has 2 fully saturated rings. The van der Waals surface area contributed by atoms with E-state index in [9.17, 15) is 14.4 Å². The number of amides is 2. The zero-order valence-electron chi connectivity index (χ0n) is 27.0. The third-order valence-corrected chi connectivity index (χ3v) is 9.57. The fraction of sp³-hybridized carbons (Fsp3) is 0.297. The molecule has 2 amide bonds. The van der Waals surface area contributed by atoms with E-state index in [-0.39, 0.29) is 42.2 Å². The smallest absolute Gasteiger partial charge is 0.338 e. The Morgan fingerprint density at radius 3 is 2.63 bits per heavy atom. The Bertz CT molecular complexity index is 1870. The first-order chi connectivity index (χ1) is 23.6. The number of anilines is 2. The number of carbonyl (C=O) groups excluding carboxylic acids is 3. The zero-order valence-corrected chi connectivity index (χ0v) is 28.5. The van der Waals surface area contributed by atoms with Gasteiger partial charge >= 0.3 is 5.97 Å². The van der Waals surface area contributed by atoms with Crippen LogP contribution in [0.1, 0.15) is 35.3 Å². The fourth-order valence-electron chi connectivity index (χ4n) is 7.28. The lowest BCUT2D eigenvalue weighted by Crippen LogP contribution is -2.62. The van der Waals surface area contributed by atoms with Crippen LogP contribution in [0.5, 0.6) is 5.75 Å². The van der Waals surface area contributed by atoms with Crippen LogP contribution >= 0.6 is 23.2 Å². The second-order valence-corrected chi connectivity index (χ2v) is 12.9. The van der Waals surface area contributed by atoms with Gasteiger partial charge in [-0.3, -0.25) is 14.5 Å². The Labute approximate surface area is 294 Å². The molecule has 0 radical (unpaired) electrons. The van der Waals surface area contributed by atoms with Gasteiger partial charge in [-0.2, -0.15) is 0 Å². The average molecular weight is 706 g/mol. The zero-order chi connectivity index (χ0) is 34.9. The molecule has 0 aliphatic carbocycles. The second kappa shape index (κ2) is 14.2. The number of nitrogens with zero attached hydrogens (tertiary/aromatic N) is 3. The summed E-state index contributed by atoms with van der Waals surface area (Å²) < 4.78 is 27.8. The van der Waals surface area contributed by atoms with E-state index in [1.807, 2.05) is 36.1 Å². The van der Waals surface area contributed by atoms with Gasteiger partial charge < -0.3 is 19.7 Å². The fourth-order valence-corrected chi connectivity index (χ4v) is 7.50. The first-order valence-corrected chi connectivity index (χ1v) is 16.7. The van der Waals surface area contributed by atoms with E-state index in [1.165, 1.54) is 18.2 Å². The van der Waals surface area contributed by atoms with Crippen molar-refractivity contribution in [1.29, 1.82) is 0 Å². The maximum atomic E-state index is 16.9. The summed E-state index contributed by atoms with van der Waals surface area (Å²) in [5, 5.41) is 3.30. The molecular weight excluding hydrogens is 670 g/mol. The number of pyridine rings is 1. The molecule has 1 N–H and O–H groups in total. The van der Waals surface area contributed by atoms with Crippen LogP contribution in [0.4, 0.5) is 15.9 Å². The van der Waals surface area contributed by atoms with Crippen molar-refractivity contribution >= 4 is 52.5 Å². The largest absolute Gasteiger partial charge is 0.494 e. The molecule has 49 heavy (non-hydrogen) atoms. The molecule has 0 saturated carbocycles. The third-order valence-electron chi connectivity index (χ3n) is 9.23. The molecule has 6 rings (SSSR count). The van der Waals surface area contributed by atoms with Gasteiger partial charge in [-0.1, -0.05) is 54.1 Å². The molecule has 4 atom stereocenters. The lowest BCUT2D eigenvalue weighted by atomic mass is 9.72. The Hall–Kier alpha value is -4.51. The lowest BCUT2D eigenvalue weighted by molar-refractivity contribution is -0.131. The van der Waals surface area contributed by atoms with Gasteiger partial charge in [-0.15, -0.1) is 0 Å². The number of nitrogens with one attached hydrogen (secondary N) is 1. The number of carbonyl (C=O) groups is 3. The van der Waals surface area contributed by atoms with Crippen LogP contribution in [0.25, 0.3) is 0 Å². The van der Waals surface area contributed by atoms with E-state index in [2.05, 4.69) is 16.9 Å². The number of benzene rings is 2. The van der Waals surface area contributed by atoms with Crippen molar-refractivity contribution in [2.45, 2.75) is 38.4 Å². The van der Waals surface area contributed by atoms with Crippen LogP contribution in [0, 0.1) is 11.8 Å². The minimum absolute atomic E-state index is 0.0792. The highest BCUT2D eigenvalue weighted by molar-refractivity contribution is 6.30. The van der Waals surface area contributed by atoms with Crippen molar-refractivity contribution in [1.82, 2.24) is 9.88 Å². The molecule has 2 saturated heterocycles. The summed E-state index contributed by atoms with van der Waals surface area (Å²) in [6, 6.07) is 16.9. The van der Waals surface area contributed by atoms with E-state index in [1.54, 1.807) is 48.2 Å². The van der Waals surface area contributed by atoms with E-state index in [0.29, 0.717) is 35.0 Å². The van der Waals surface area contributed by atoms with Gasteiger partial charge in [0.2, 0.25) is 11.8 Å². The molecule has 3 aromatic rings. The highest BCUT2D eigenvalue weighted by Crippen LogP contribution is 2.55. The number of esters is 1. The Morgan fingerprint density at radius 2 is 1.92 bits per heavy atom. The van der Waals surface area contributed by atoms with Gasteiger partial charge in [-0.05, 0) is 79.6 Å². The molecule has 3 aliphatic rings. The summed E-state index contributed by atoms with van der Waals surface area (Å²) in [5.74, 6) is -3.13. The number of rotatable bonds is 10. The minimum atomic E-state index is -1.53. The maximum Gasteiger partial charge on any atom is 0.338 e. The molecule has 2 aromatic carbocycles. The second-order valence-electron chi connectivity index (χ2n) is 12.0. The Balaban J connectivity index is 1.49. The highest BCUT2D eigenvalue weighted by atomic mass is 35.5. The molecule has 1 spiro atoms. The van der Waals surface area contributed by atoms with Gasteiger partial charge in [0.1, 0.15) is 28.1 Å². The molecule has 3 aliphatic heterocycles. The van der Waals surface area contributed by atoms with Crippen molar-refractivity contribution in [2.75, 3.05) is 30.0 Å². The number of halogens is 3. The van der Waals surface area contributed by atoms with Crippen LogP contribution in [-0.4, -0.2) is 59.0 Å². The summed E-state index contributed by atoms with van der Waals surface area (Å²) in [5.41, 5.74) is 0.848. The number of hydrogen-bond donors (Lipinski definition) is 1. The summed E-state index contributed by atoms with van der Waals surface area (Å²) in [7, 11) is 0. The molecule has 4 heterocycles. The van der Waals surface area contributed by atoms with Crippen molar-refractivity contribution in [3.05, 3.63) is 118 Å². The maximum absolute atomic E-state index is 16.9. The van der Waals surface area contributed by atoms with E-state index in [0.717, 1.165) is 5.56 Å². The summed E-state index contributed by atoms with van der Waals surface area (Å²) in [6.07, 6.45) is 4.18. The Kier molecular flexibility index (Phi) is 9.92. The molecule has 254 valence electrons. The quantitative estimate of drug-likeness (QED) is 0.140. The van der Waals surface area contributed by atoms with Crippen LogP contribution in [0.2, 0.25) is 5.15 Å². The van der Waals surface area contributed by atoms with Crippen LogP contribution in [0.15, 0.2) is 96.3 Å². The van der Waals surface area contributed by atoms with E-state index in [4.69, 9.17) is 32.7 Å². The summed E-state index contributed by atoms with van der Waals surface area (Å²) in [6.45, 7) is 8.33. The number of ether oxygens (including phenoxy) is 2. The molecule has 0 unspecified atom stereocenters. The number of allylic oxidation sites excluding steroid dienone is 4. The summed E-state index contributed by atoms with van der Waals surface area (Å²) >= 11 is 12.1. The van der Waals surface area contributed by atoms with Gasteiger partial charge in [0.15, 0.2) is 0 Å². The first-order valence-electron chi connectivity index (χ1n) is 16.0. The molecular formula is C37H35Cl2FN4O5. The van der Waals surface area contributed by atoms with E-state index >= 15 is 4.39 Å². The number of hydrogen-bond acceptors (Lipinski definition) is 7. The first kappa shape index (κ1) is 34.4. The predicted octanol–water partition coefficient (Wildman–Crippen LogP) is 6.87. The van der Waals surface area contributed by atoms with Crippen LogP contribution in [0.3, 0.4) is 0 Å². The SMILES string of the molecule is C=C(Cl)/C=C\C=C(/F)[C@H]1[C@@H]2C(=O)N(c3ccc(C(=O)OCC)cc3)C[C@@H]2N(Cc2cccc(OCC)c2)[C@]12Cc1ccc(Cl)nc1NC2=O. The standard InChI is InChI=1S/C37H35Cl2FN4O5/c1-4-48-27-10-7-9-23(18-27)20-44-29-21-43(26-15-12-24(13-16-26)35(46)49-5-2)34(45)31(29)32(28(40)11-6-8-22(3)38)37(44)19-25-14-17-30(39)41-33(25)42-36(37)47/h6-18,29,31-32H,3-5,19-21H2,1-2H3,(H,41,42,47)/b8-6-,28-11-/t29-,31+,32-,37+/m0/s1. The van der Waals surface area contributed by atoms with Crippen molar-refractivity contribution in [2.24, 2.45) is 11.8 Å². The highest BCUT2D eigenvalue weighted by Gasteiger charge is 2.69. The minimum Gasteiger partial charge on any atom is -0.494 e. The van der Waals surface area contributed by atoms with Gasteiger partial charge in [0, 0.05) is 36.3 Å². The topological polar surface area (TPSA) is 101 Å². The monoisotopic (exact) mass is 704 g/mol. The number of aromatic nitrogens is 1. The molecule has 12 heteroatoms. The number of likely N-dealkylation sites (tertiary alicyclic amines) is 1. The number of fused-ring (bicyclic) bond motifs is 2. The third kappa shape index (κ3) is 6.48. The van der Waals surface area contributed by atoms with Crippen molar-refractivity contribution < 1.29 is 28.2 Å². The molecule has 9 nitrogen and oxygen atoms in total. The van der Waals surface area contributed by atoms with Crippen LogP contribution < -0.4 is 15.0 Å².